The Morgan fingerprint density at radius 1 is 1.00 bits per heavy atom. The molecule has 0 rings (SSSR count). The number of rotatable bonds is 8. The molecule has 3 heteroatoms. The molecule has 0 bridgehead atoms. The lowest BCUT2D eigenvalue weighted by molar-refractivity contribution is -0.137. The molecule has 0 aromatic rings. The van der Waals surface area contributed by atoms with E-state index in [0.29, 0.717) is 6.42 Å². The molecule has 0 aliphatic carbocycles. The van der Waals surface area contributed by atoms with Crippen LogP contribution in [0.1, 0.15) is 58.3 Å². The quantitative estimate of drug-likeness (QED) is 0.597. The van der Waals surface area contributed by atoms with Gasteiger partial charge in [-0.05, 0) is 6.42 Å². The molecular formula is C10H22O3. The minimum Gasteiger partial charge on any atom is -0.481 e. The summed E-state index contributed by atoms with van der Waals surface area (Å²) >= 11 is 0. The Labute approximate surface area is 80.5 Å². The SMILES string of the molecule is CCCCCCCCCC(=O)O.O. The van der Waals surface area contributed by atoms with Crippen LogP contribution in [0.15, 0.2) is 0 Å². The molecule has 0 saturated carbocycles. The molecule has 0 unspecified atom stereocenters. The second-order valence-corrected chi connectivity index (χ2v) is 3.27. The Balaban J connectivity index is 0. The van der Waals surface area contributed by atoms with Crippen LogP contribution < -0.4 is 0 Å². The van der Waals surface area contributed by atoms with Gasteiger partial charge in [0.1, 0.15) is 0 Å². The van der Waals surface area contributed by atoms with Crippen molar-refractivity contribution in [2.75, 3.05) is 0 Å². The van der Waals surface area contributed by atoms with Crippen LogP contribution in [0.2, 0.25) is 0 Å². The van der Waals surface area contributed by atoms with Crippen molar-refractivity contribution in [3.05, 3.63) is 0 Å². The van der Waals surface area contributed by atoms with Crippen molar-refractivity contribution < 1.29 is 15.4 Å². The van der Waals surface area contributed by atoms with Crippen LogP contribution in [-0.4, -0.2) is 16.6 Å². The Hall–Kier alpha value is -0.570. The first-order valence-electron chi connectivity index (χ1n) is 4.99. The van der Waals surface area contributed by atoms with Crippen molar-refractivity contribution in [3.63, 3.8) is 0 Å². The molecule has 0 spiro atoms. The van der Waals surface area contributed by atoms with Gasteiger partial charge in [-0.2, -0.15) is 0 Å². The Kier molecular flexibility index (Phi) is 13.1. The van der Waals surface area contributed by atoms with Gasteiger partial charge in [-0.15, -0.1) is 0 Å². The maximum Gasteiger partial charge on any atom is 0.303 e. The predicted octanol–water partition coefficient (Wildman–Crippen LogP) is 2.39. The topological polar surface area (TPSA) is 68.8 Å². The largest absolute Gasteiger partial charge is 0.481 e. The van der Waals surface area contributed by atoms with Crippen molar-refractivity contribution in [1.29, 1.82) is 0 Å². The summed E-state index contributed by atoms with van der Waals surface area (Å²) in [4.78, 5) is 10.1. The van der Waals surface area contributed by atoms with E-state index in [1.165, 1.54) is 32.1 Å². The lowest BCUT2D eigenvalue weighted by Crippen LogP contribution is -1.93. The zero-order valence-electron chi connectivity index (χ0n) is 8.51. The standard InChI is InChI=1S/C10H20O2.H2O/c1-2-3-4-5-6-7-8-9-10(11)12;/h2-9H2,1H3,(H,11,12);1H2. The Morgan fingerprint density at radius 3 is 1.92 bits per heavy atom. The van der Waals surface area contributed by atoms with E-state index < -0.39 is 5.97 Å². The predicted molar refractivity (Wildman–Crippen MR) is 53.9 cm³/mol. The highest BCUT2D eigenvalue weighted by Gasteiger charge is 1.95. The maximum atomic E-state index is 10.1. The highest BCUT2D eigenvalue weighted by atomic mass is 16.4. The molecule has 0 saturated heterocycles. The molecule has 0 fully saturated rings. The Bertz CT molecular complexity index is 113. The van der Waals surface area contributed by atoms with Gasteiger partial charge in [0.05, 0.1) is 0 Å². The van der Waals surface area contributed by atoms with Crippen LogP contribution in [-0.2, 0) is 4.79 Å². The third kappa shape index (κ3) is 14.3. The zero-order valence-corrected chi connectivity index (χ0v) is 8.51. The van der Waals surface area contributed by atoms with Crippen LogP contribution in [0.4, 0.5) is 0 Å². The summed E-state index contributed by atoms with van der Waals surface area (Å²) in [5, 5.41) is 8.35. The van der Waals surface area contributed by atoms with Gasteiger partial charge in [0.25, 0.3) is 0 Å². The van der Waals surface area contributed by atoms with Gasteiger partial charge >= 0.3 is 5.97 Å². The zero-order chi connectivity index (χ0) is 9.23. The lowest BCUT2D eigenvalue weighted by Gasteiger charge is -1.98. The van der Waals surface area contributed by atoms with Crippen LogP contribution in [0.3, 0.4) is 0 Å². The smallest absolute Gasteiger partial charge is 0.303 e. The van der Waals surface area contributed by atoms with E-state index in [1.807, 2.05) is 0 Å². The van der Waals surface area contributed by atoms with E-state index in [1.54, 1.807) is 0 Å². The van der Waals surface area contributed by atoms with Crippen LogP contribution in [0.25, 0.3) is 0 Å². The van der Waals surface area contributed by atoms with Gasteiger partial charge in [0.15, 0.2) is 0 Å². The molecule has 0 atom stereocenters. The second kappa shape index (κ2) is 11.4. The first-order chi connectivity index (χ1) is 5.77. The molecule has 13 heavy (non-hydrogen) atoms. The number of hydrogen-bond donors (Lipinski definition) is 1. The molecule has 0 aromatic carbocycles. The second-order valence-electron chi connectivity index (χ2n) is 3.27. The molecule has 0 aliphatic heterocycles. The molecule has 3 nitrogen and oxygen atoms in total. The number of aliphatic carboxylic acids is 1. The van der Waals surface area contributed by atoms with E-state index in [-0.39, 0.29) is 5.48 Å². The van der Waals surface area contributed by atoms with Crippen molar-refractivity contribution in [3.8, 4) is 0 Å². The van der Waals surface area contributed by atoms with Gasteiger partial charge < -0.3 is 10.6 Å². The summed E-state index contributed by atoms with van der Waals surface area (Å²) in [6.07, 6.45) is 8.64. The number of carboxylic acids is 1. The molecule has 0 radical (unpaired) electrons. The third-order valence-corrected chi connectivity index (χ3v) is 1.99. The van der Waals surface area contributed by atoms with E-state index in [9.17, 15) is 4.79 Å². The third-order valence-electron chi connectivity index (χ3n) is 1.99. The van der Waals surface area contributed by atoms with Crippen LogP contribution in [0.5, 0.6) is 0 Å². The summed E-state index contributed by atoms with van der Waals surface area (Å²) < 4.78 is 0. The Morgan fingerprint density at radius 2 is 1.46 bits per heavy atom. The van der Waals surface area contributed by atoms with Gasteiger partial charge in [-0.25, -0.2) is 0 Å². The molecule has 0 aromatic heterocycles. The molecule has 0 aliphatic rings. The van der Waals surface area contributed by atoms with Gasteiger partial charge in [0, 0.05) is 6.42 Å². The fraction of sp³-hybridized carbons (Fsp3) is 0.900. The lowest BCUT2D eigenvalue weighted by atomic mass is 10.1. The molecular weight excluding hydrogens is 168 g/mol. The van der Waals surface area contributed by atoms with Crippen molar-refractivity contribution in [2.24, 2.45) is 0 Å². The summed E-state index contributed by atoms with van der Waals surface area (Å²) in [7, 11) is 0. The summed E-state index contributed by atoms with van der Waals surface area (Å²) in [6, 6.07) is 0. The number of hydrogen-bond acceptors (Lipinski definition) is 1. The molecule has 3 N–H and O–H groups in total. The van der Waals surface area contributed by atoms with E-state index in [2.05, 4.69) is 6.92 Å². The molecule has 0 heterocycles. The summed E-state index contributed by atoms with van der Waals surface area (Å²) in [5.74, 6) is -0.663. The number of unbranched alkanes of at least 4 members (excludes halogenated alkanes) is 6. The fourth-order valence-corrected chi connectivity index (χ4v) is 1.23. The number of carboxylic acid groups (broad SMARTS) is 1. The van der Waals surface area contributed by atoms with E-state index >= 15 is 0 Å². The first kappa shape index (κ1) is 14.9. The fourth-order valence-electron chi connectivity index (χ4n) is 1.23. The monoisotopic (exact) mass is 190 g/mol. The van der Waals surface area contributed by atoms with Gasteiger partial charge in [-0.1, -0.05) is 45.4 Å². The van der Waals surface area contributed by atoms with E-state index in [4.69, 9.17) is 5.11 Å². The highest BCUT2D eigenvalue weighted by Crippen LogP contribution is 2.07. The highest BCUT2D eigenvalue weighted by molar-refractivity contribution is 5.66. The summed E-state index contributed by atoms with van der Waals surface area (Å²) in [5.41, 5.74) is 0. The molecule has 0 amide bonds. The average molecular weight is 190 g/mol. The van der Waals surface area contributed by atoms with Crippen molar-refractivity contribution in [1.82, 2.24) is 0 Å². The minimum atomic E-state index is -0.663. The van der Waals surface area contributed by atoms with E-state index in [0.717, 1.165) is 12.8 Å². The van der Waals surface area contributed by atoms with Crippen LogP contribution >= 0.6 is 0 Å². The normalized spacial score (nSPS) is 9.31. The first-order valence-corrected chi connectivity index (χ1v) is 4.99. The van der Waals surface area contributed by atoms with Gasteiger partial charge in [-0.3, -0.25) is 4.79 Å². The summed E-state index contributed by atoms with van der Waals surface area (Å²) in [6.45, 7) is 2.20. The minimum absolute atomic E-state index is 0. The van der Waals surface area contributed by atoms with Crippen LogP contribution in [0, 0.1) is 0 Å². The van der Waals surface area contributed by atoms with Crippen molar-refractivity contribution in [2.45, 2.75) is 58.3 Å². The van der Waals surface area contributed by atoms with Gasteiger partial charge in [0.2, 0.25) is 0 Å². The average Bonchev–Trinajstić information content (AvgIpc) is 2.02. The molecule has 80 valence electrons. The maximum absolute atomic E-state index is 10.1. The van der Waals surface area contributed by atoms with Crippen molar-refractivity contribution >= 4 is 5.97 Å². The number of carbonyl (C=O) groups is 1.